The lowest BCUT2D eigenvalue weighted by atomic mass is 10.1. The number of anilines is 1. The van der Waals surface area contributed by atoms with Crippen molar-refractivity contribution in [3.8, 4) is 5.75 Å². The Morgan fingerprint density at radius 3 is 2.29 bits per heavy atom. The Hall–Kier alpha value is -3.36. The number of hydrogen-bond donors (Lipinski definition) is 1. The van der Waals surface area contributed by atoms with Gasteiger partial charge in [-0.1, -0.05) is 54.6 Å². The molecule has 1 fully saturated rings. The normalized spacial score (nSPS) is 18.1. The number of ether oxygens (including phenoxy) is 1. The van der Waals surface area contributed by atoms with E-state index in [2.05, 4.69) is 22.3 Å². The number of amides is 1. The molecule has 1 N–H and O–H groups in total. The zero-order chi connectivity index (χ0) is 24.3. The van der Waals surface area contributed by atoms with Crippen molar-refractivity contribution in [2.45, 2.75) is 36.9 Å². The molecule has 0 aromatic heterocycles. The fourth-order valence-electron chi connectivity index (χ4n) is 4.55. The molecule has 2 aliphatic rings. The first-order valence-corrected chi connectivity index (χ1v) is 13.4. The van der Waals surface area contributed by atoms with Crippen LogP contribution in [-0.2, 0) is 27.9 Å². The third-order valence-electron chi connectivity index (χ3n) is 6.45. The fourth-order valence-corrected chi connectivity index (χ4v) is 6.05. The summed E-state index contributed by atoms with van der Waals surface area (Å²) < 4.78 is 34.0. The van der Waals surface area contributed by atoms with Gasteiger partial charge in [0.2, 0.25) is 0 Å². The second-order valence-corrected chi connectivity index (χ2v) is 10.8. The van der Waals surface area contributed by atoms with Crippen LogP contribution >= 0.6 is 0 Å². The van der Waals surface area contributed by atoms with Gasteiger partial charge in [-0.15, -0.1) is 0 Å². The Bertz CT molecular complexity index is 1270. The highest BCUT2D eigenvalue weighted by Gasteiger charge is 2.37. The van der Waals surface area contributed by atoms with E-state index >= 15 is 0 Å². The van der Waals surface area contributed by atoms with Crippen LogP contribution < -0.4 is 14.4 Å². The van der Waals surface area contributed by atoms with Gasteiger partial charge in [-0.3, -0.25) is 14.0 Å². The minimum absolute atomic E-state index is 0.102. The quantitative estimate of drug-likeness (QED) is 0.547. The molecule has 0 radical (unpaired) electrons. The van der Waals surface area contributed by atoms with Crippen LogP contribution in [0.5, 0.6) is 5.75 Å². The number of carbonyl (C=O) groups excluding carboxylic acids is 1. The van der Waals surface area contributed by atoms with Crippen LogP contribution in [0, 0.1) is 0 Å². The topological polar surface area (TPSA) is 79.0 Å². The molecule has 1 saturated heterocycles. The number of benzene rings is 3. The molecule has 35 heavy (non-hydrogen) atoms. The molecule has 1 amide bonds. The number of rotatable bonds is 7. The number of sulfonamides is 1. The Balaban J connectivity index is 1.27. The SMILES string of the molecule is O=C(NCc1ccc(CN2CCCC2)cc1)[C@@H]1CN(S(=O)(=O)c2ccccc2)c2ccccc2O1. The van der Waals surface area contributed by atoms with Gasteiger partial charge >= 0.3 is 0 Å². The molecule has 182 valence electrons. The predicted molar refractivity (Wildman–Crippen MR) is 135 cm³/mol. The van der Waals surface area contributed by atoms with Gasteiger partial charge < -0.3 is 10.1 Å². The summed E-state index contributed by atoms with van der Waals surface area (Å²) in [5.74, 6) is 0.0126. The molecule has 2 heterocycles. The molecule has 2 aliphatic heterocycles. The van der Waals surface area contributed by atoms with E-state index < -0.39 is 16.1 Å². The molecule has 0 saturated carbocycles. The summed E-state index contributed by atoms with van der Waals surface area (Å²) in [7, 11) is -3.85. The van der Waals surface area contributed by atoms with Crippen LogP contribution in [0.1, 0.15) is 24.0 Å². The maximum absolute atomic E-state index is 13.4. The zero-order valence-corrected chi connectivity index (χ0v) is 20.3. The van der Waals surface area contributed by atoms with E-state index in [1.54, 1.807) is 54.6 Å². The smallest absolute Gasteiger partial charge is 0.264 e. The molecule has 8 heteroatoms. The van der Waals surface area contributed by atoms with Crippen molar-refractivity contribution in [2.24, 2.45) is 0 Å². The Morgan fingerprint density at radius 2 is 1.54 bits per heavy atom. The summed E-state index contributed by atoms with van der Waals surface area (Å²) >= 11 is 0. The summed E-state index contributed by atoms with van der Waals surface area (Å²) in [6, 6.07) is 23.4. The van der Waals surface area contributed by atoms with E-state index in [9.17, 15) is 13.2 Å². The first-order chi connectivity index (χ1) is 17.0. The van der Waals surface area contributed by atoms with Gasteiger partial charge in [-0.05, 0) is 61.3 Å². The standard InChI is InChI=1S/C27H29N3O4S/c31-27(28-18-21-12-14-22(15-13-21)19-29-16-6-7-17-29)26-20-30(24-10-4-5-11-25(24)34-26)35(32,33)23-8-2-1-3-9-23/h1-5,8-15,26H,6-7,16-20H2,(H,28,31)/t26-/m0/s1. The average molecular weight is 492 g/mol. The molecule has 1 atom stereocenters. The van der Waals surface area contributed by atoms with Gasteiger partial charge in [0.1, 0.15) is 5.75 Å². The molecule has 7 nitrogen and oxygen atoms in total. The third-order valence-corrected chi connectivity index (χ3v) is 8.25. The van der Waals surface area contributed by atoms with Crippen molar-refractivity contribution in [2.75, 3.05) is 23.9 Å². The summed E-state index contributed by atoms with van der Waals surface area (Å²) in [6.07, 6.45) is 1.57. The minimum Gasteiger partial charge on any atom is -0.476 e. The first kappa shape index (κ1) is 23.4. The summed E-state index contributed by atoms with van der Waals surface area (Å²) in [5, 5.41) is 2.91. The maximum Gasteiger partial charge on any atom is 0.264 e. The van der Waals surface area contributed by atoms with E-state index in [-0.39, 0.29) is 17.3 Å². The summed E-state index contributed by atoms with van der Waals surface area (Å²) in [6.45, 7) is 3.50. The van der Waals surface area contributed by atoms with E-state index in [1.165, 1.54) is 22.7 Å². The first-order valence-electron chi connectivity index (χ1n) is 11.9. The molecule has 0 bridgehead atoms. The van der Waals surface area contributed by atoms with Crippen molar-refractivity contribution >= 4 is 21.6 Å². The van der Waals surface area contributed by atoms with Gasteiger partial charge in [-0.2, -0.15) is 0 Å². The number of carbonyl (C=O) groups is 1. The lowest BCUT2D eigenvalue weighted by Gasteiger charge is -2.34. The largest absolute Gasteiger partial charge is 0.476 e. The molecular formula is C27H29N3O4S. The van der Waals surface area contributed by atoms with Gasteiger partial charge in [0.05, 0.1) is 17.1 Å². The summed E-state index contributed by atoms with van der Waals surface area (Å²) in [5.41, 5.74) is 2.67. The highest BCUT2D eigenvalue weighted by atomic mass is 32.2. The zero-order valence-electron chi connectivity index (χ0n) is 19.5. The average Bonchev–Trinajstić information content (AvgIpc) is 3.41. The van der Waals surface area contributed by atoms with Gasteiger partial charge in [0.25, 0.3) is 15.9 Å². The third kappa shape index (κ3) is 5.18. The van der Waals surface area contributed by atoms with Crippen LogP contribution in [0.2, 0.25) is 0 Å². The molecule has 3 aromatic carbocycles. The fraction of sp³-hybridized carbons (Fsp3) is 0.296. The molecule has 0 unspecified atom stereocenters. The molecule has 0 aliphatic carbocycles. The predicted octanol–water partition coefficient (Wildman–Crippen LogP) is 3.56. The Morgan fingerprint density at radius 1 is 0.886 bits per heavy atom. The van der Waals surface area contributed by atoms with E-state index in [1.807, 2.05) is 12.1 Å². The molecule has 0 spiro atoms. The second-order valence-electron chi connectivity index (χ2n) is 8.94. The number of likely N-dealkylation sites (tertiary alicyclic amines) is 1. The maximum atomic E-state index is 13.4. The molecule has 5 rings (SSSR count). The van der Waals surface area contributed by atoms with Gasteiger partial charge in [0, 0.05) is 13.1 Å². The monoisotopic (exact) mass is 491 g/mol. The van der Waals surface area contributed by atoms with Crippen LogP contribution in [0.4, 0.5) is 5.69 Å². The highest BCUT2D eigenvalue weighted by molar-refractivity contribution is 7.92. The summed E-state index contributed by atoms with van der Waals surface area (Å²) in [4.78, 5) is 15.6. The number of nitrogens with zero attached hydrogens (tertiary/aromatic N) is 2. The lowest BCUT2D eigenvalue weighted by Crippen LogP contribution is -2.50. The lowest BCUT2D eigenvalue weighted by molar-refractivity contribution is -0.127. The van der Waals surface area contributed by atoms with Crippen molar-refractivity contribution in [3.05, 3.63) is 90.0 Å². The van der Waals surface area contributed by atoms with Crippen molar-refractivity contribution in [3.63, 3.8) is 0 Å². The second kappa shape index (κ2) is 10.1. The van der Waals surface area contributed by atoms with Gasteiger partial charge in [0.15, 0.2) is 6.10 Å². The number of fused-ring (bicyclic) bond motifs is 1. The molecule has 3 aromatic rings. The minimum atomic E-state index is -3.85. The van der Waals surface area contributed by atoms with Crippen molar-refractivity contribution in [1.29, 1.82) is 0 Å². The number of nitrogens with one attached hydrogen (secondary N) is 1. The van der Waals surface area contributed by atoms with Crippen LogP contribution in [-0.4, -0.2) is 45.0 Å². The Kier molecular flexibility index (Phi) is 6.74. The van der Waals surface area contributed by atoms with E-state index in [0.717, 1.165) is 25.2 Å². The van der Waals surface area contributed by atoms with E-state index in [4.69, 9.17) is 4.74 Å². The van der Waals surface area contributed by atoms with Gasteiger partial charge in [-0.25, -0.2) is 8.42 Å². The van der Waals surface area contributed by atoms with Crippen LogP contribution in [0.3, 0.4) is 0 Å². The Labute approximate surface area is 206 Å². The van der Waals surface area contributed by atoms with E-state index in [0.29, 0.717) is 18.0 Å². The number of hydrogen-bond acceptors (Lipinski definition) is 5. The van der Waals surface area contributed by atoms with Crippen molar-refractivity contribution < 1.29 is 17.9 Å². The molecular weight excluding hydrogens is 462 g/mol. The van der Waals surface area contributed by atoms with Crippen LogP contribution in [0.25, 0.3) is 0 Å². The highest BCUT2D eigenvalue weighted by Crippen LogP contribution is 2.36. The van der Waals surface area contributed by atoms with Crippen molar-refractivity contribution in [1.82, 2.24) is 10.2 Å². The van der Waals surface area contributed by atoms with Crippen LogP contribution in [0.15, 0.2) is 83.8 Å². The number of para-hydroxylation sites is 2.